The van der Waals surface area contributed by atoms with Crippen LogP contribution in [0.15, 0.2) is 194 Å². The van der Waals surface area contributed by atoms with Crippen molar-refractivity contribution in [3.05, 3.63) is 239 Å². The minimum Gasteiger partial charge on any atom is -0.491 e. The van der Waals surface area contributed by atoms with Crippen molar-refractivity contribution in [1.82, 2.24) is 0 Å². The van der Waals surface area contributed by atoms with Gasteiger partial charge >= 0.3 is 0 Å². The second-order valence-corrected chi connectivity index (χ2v) is 23.0. The molecule has 12 rings (SSSR count). The average molecular weight is 1070 g/mol. The number of epoxide rings is 2. The third-order valence-electron chi connectivity index (χ3n) is 17.8. The SMILES string of the molecule is Cc1ccccc1-c1ccc(C(c2ccc(OCC(O)COc3ccc(C(c4ccc(OCC5CO5)cc4)(c4ccc(-c5ccccc5C)cc4)C4CCCCC4)cc3)cc2)(c2ccc(OCC3CO3)cc2)C2CCCCC2)cc1. The van der Waals surface area contributed by atoms with E-state index >= 15 is 0 Å². The summed E-state index contributed by atoms with van der Waals surface area (Å²) in [6.07, 6.45) is 11.4. The van der Waals surface area contributed by atoms with Crippen LogP contribution in [0.3, 0.4) is 0 Å². The lowest BCUT2D eigenvalue weighted by molar-refractivity contribution is 0.0626. The number of benzene rings is 8. The van der Waals surface area contributed by atoms with Gasteiger partial charge < -0.3 is 33.5 Å². The van der Waals surface area contributed by atoms with Crippen LogP contribution in [0.4, 0.5) is 0 Å². The molecule has 80 heavy (non-hydrogen) atoms. The van der Waals surface area contributed by atoms with Gasteiger partial charge in [0.1, 0.15) is 67.7 Å². The van der Waals surface area contributed by atoms with E-state index in [1.807, 2.05) is 0 Å². The number of aryl methyl sites for hydroxylation is 2. The molecule has 0 amide bonds. The summed E-state index contributed by atoms with van der Waals surface area (Å²) in [5.74, 6) is 3.89. The van der Waals surface area contributed by atoms with Gasteiger partial charge in [-0.2, -0.15) is 0 Å². The molecule has 7 nitrogen and oxygen atoms in total. The van der Waals surface area contributed by atoms with Crippen LogP contribution in [0.1, 0.15) is 109 Å². The zero-order valence-electron chi connectivity index (χ0n) is 46.6. The second kappa shape index (κ2) is 24.3. The fraction of sp³-hybridized carbons (Fsp3) is 0.342. The third-order valence-corrected chi connectivity index (χ3v) is 17.8. The predicted octanol–water partition coefficient (Wildman–Crippen LogP) is 15.8. The lowest BCUT2D eigenvalue weighted by Gasteiger charge is -2.45. The van der Waals surface area contributed by atoms with Crippen LogP contribution in [0.5, 0.6) is 23.0 Å². The Morgan fingerprint density at radius 2 is 0.675 bits per heavy atom. The molecule has 7 heteroatoms. The quantitative estimate of drug-likeness (QED) is 0.0535. The number of hydrogen-bond acceptors (Lipinski definition) is 7. The first kappa shape index (κ1) is 53.5. The summed E-state index contributed by atoms with van der Waals surface area (Å²) < 4.78 is 35.9. The standard InChI is InChI=1S/C73H76O7/c1-51-13-9-11-19-70(51)53-21-25-57(26-22-53)72(55-15-5-3-6-16-55,61-33-41-66(42-34-61)77-47-68-49-79-68)59-29-37-64(38-30-59)75-45-63(74)46-76-65-39-31-60(32-40-65)73(56-17-7-4-8-18-56,62-35-43-67(44-36-62)78-48-69-50-80-69)58-27-23-54(24-28-58)71-20-12-10-14-52(71)2/h9-14,19-44,55-56,63,68-69,74H,3-8,15-18,45-50H2,1-2H3. The lowest BCUT2D eigenvalue weighted by Crippen LogP contribution is -2.39. The van der Waals surface area contributed by atoms with E-state index in [1.54, 1.807) is 0 Å². The van der Waals surface area contributed by atoms with E-state index in [0.717, 1.165) is 50.4 Å². The van der Waals surface area contributed by atoms with Crippen LogP contribution in [0.25, 0.3) is 22.3 Å². The molecule has 4 fully saturated rings. The molecule has 4 atom stereocenters. The minimum absolute atomic E-state index is 0.0929. The van der Waals surface area contributed by atoms with Crippen molar-refractivity contribution < 1.29 is 33.5 Å². The molecule has 2 saturated carbocycles. The van der Waals surface area contributed by atoms with E-state index in [-0.39, 0.29) is 25.4 Å². The molecule has 4 unspecified atom stereocenters. The van der Waals surface area contributed by atoms with Crippen molar-refractivity contribution in [2.24, 2.45) is 11.8 Å². The Hall–Kier alpha value is -7.16. The first-order chi connectivity index (χ1) is 39.3. The van der Waals surface area contributed by atoms with Crippen molar-refractivity contribution in [1.29, 1.82) is 0 Å². The largest absolute Gasteiger partial charge is 0.491 e. The summed E-state index contributed by atoms with van der Waals surface area (Å²) in [6.45, 7) is 7.22. The molecule has 0 bridgehead atoms. The number of rotatable bonds is 22. The maximum absolute atomic E-state index is 11.4. The van der Waals surface area contributed by atoms with E-state index in [4.69, 9.17) is 28.4 Å². The van der Waals surface area contributed by atoms with E-state index in [0.29, 0.717) is 36.5 Å². The van der Waals surface area contributed by atoms with Gasteiger partial charge in [0.2, 0.25) is 0 Å². The summed E-state index contributed by atoms with van der Waals surface area (Å²) in [5.41, 5.74) is 14.2. The highest BCUT2D eigenvalue weighted by atomic mass is 16.6. The number of aliphatic hydroxyl groups is 1. The molecule has 1 N–H and O–H groups in total. The maximum atomic E-state index is 11.4. The van der Waals surface area contributed by atoms with Crippen LogP contribution in [-0.4, -0.2) is 63.1 Å². The maximum Gasteiger partial charge on any atom is 0.122 e. The van der Waals surface area contributed by atoms with Crippen molar-refractivity contribution in [3.8, 4) is 45.3 Å². The molecule has 4 aliphatic rings. The Morgan fingerprint density at radius 3 is 0.975 bits per heavy atom. The Bertz CT molecular complexity index is 3040. The highest BCUT2D eigenvalue weighted by Crippen LogP contribution is 2.53. The lowest BCUT2D eigenvalue weighted by atomic mass is 9.58. The molecule has 8 aromatic carbocycles. The molecule has 2 aliphatic heterocycles. The van der Waals surface area contributed by atoms with Crippen molar-refractivity contribution >= 4 is 0 Å². The molecule has 410 valence electrons. The Kier molecular flexibility index (Phi) is 16.2. The molecule has 2 saturated heterocycles. The number of hydrogen-bond donors (Lipinski definition) is 1. The van der Waals surface area contributed by atoms with Gasteiger partial charge in [-0.05, 0) is 167 Å². The second-order valence-electron chi connectivity index (χ2n) is 23.0. The van der Waals surface area contributed by atoms with Gasteiger partial charge in [0.25, 0.3) is 0 Å². The summed E-state index contributed by atoms with van der Waals surface area (Å²) in [5, 5.41) is 11.4. The zero-order valence-corrected chi connectivity index (χ0v) is 46.6. The highest BCUT2D eigenvalue weighted by molar-refractivity contribution is 5.70. The van der Waals surface area contributed by atoms with Gasteiger partial charge in [-0.1, -0.05) is 184 Å². The van der Waals surface area contributed by atoms with E-state index < -0.39 is 16.9 Å². The summed E-state index contributed by atoms with van der Waals surface area (Å²) in [7, 11) is 0. The highest BCUT2D eigenvalue weighted by Gasteiger charge is 2.46. The third kappa shape index (κ3) is 11.6. The molecule has 0 radical (unpaired) electrons. The Labute approximate surface area is 473 Å². The molecule has 0 spiro atoms. The zero-order chi connectivity index (χ0) is 54.3. The molecule has 2 heterocycles. The van der Waals surface area contributed by atoms with Crippen LogP contribution in [-0.2, 0) is 20.3 Å². The van der Waals surface area contributed by atoms with E-state index in [9.17, 15) is 5.11 Å². The van der Waals surface area contributed by atoms with Crippen molar-refractivity contribution in [2.45, 2.75) is 107 Å². The predicted molar refractivity (Wildman–Crippen MR) is 319 cm³/mol. The summed E-state index contributed by atoms with van der Waals surface area (Å²) >= 11 is 0. The molecule has 8 aromatic rings. The topological polar surface area (TPSA) is 82.2 Å². The van der Waals surface area contributed by atoms with Gasteiger partial charge in [0.05, 0.1) is 13.2 Å². The van der Waals surface area contributed by atoms with Crippen LogP contribution < -0.4 is 18.9 Å². The van der Waals surface area contributed by atoms with Crippen LogP contribution in [0, 0.1) is 25.7 Å². The first-order valence-corrected chi connectivity index (χ1v) is 29.5. The van der Waals surface area contributed by atoms with E-state index in [1.165, 1.54) is 105 Å². The van der Waals surface area contributed by atoms with Gasteiger partial charge in [-0.15, -0.1) is 0 Å². The summed E-state index contributed by atoms with van der Waals surface area (Å²) in [6, 6.07) is 70.8. The monoisotopic (exact) mass is 1060 g/mol. The smallest absolute Gasteiger partial charge is 0.122 e. The van der Waals surface area contributed by atoms with Gasteiger partial charge in [-0.25, -0.2) is 0 Å². The fourth-order valence-corrected chi connectivity index (χ4v) is 13.5. The van der Waals surface area contributed by atoms with Gasteiger partial charge in [0.15, 0.2) is 0 Å². The Morgan fingerprint density at radius 1 is 0.388 bits per heavy atom. The molecule has 2 aliphatic carbocycles. The molecular weight excluding hydrogens is 989 g/mol. The van der Waals surface area contributed by atoms with Gasteiger partial charge in [-0.3, -0.25) is 0 Å². The van der Waals surface area contributed by atoms with Gasteiger partial charge in [0, 0.05) is 10.8 Å². The fourth-order valence-electron chi connectivity index (χ4n) is 13.5. The molecule has 0 aromatic heterocycles. The average Bonchev–Trinajstić information content (AvgIpc) is 4.54. The Balaban J connectivity index is 0.782. The number of aliphatic hydroxyl groups excluding tert-OH is 1. The van der Waals surface area contributed by atoms with Crippen LogP contribution >= 0.6 is 0 Å². The summed E-state index contributed by atoms with van der Waals surface area (Å²) in [4.78, 5) is 0. The first-order valence-electron chi connectivity index (χ1n) is 29.5. The van der Waals surface area contributed by atoms with E-state index in [2.05, 4.69) is 208 Å². The normalized spacial score (nSPS) is 19.2. The number of ether oxygens (including phenoxy) is 6. The van der Waals surface area contributed by atoms with Crippen LogP contribution in [0.2, 0.25) is 0 Å². The minimum atomic E-state index is -0.852. The molecular formula is C73H76O7. The van der Waals surface area contributed by atoms with Crippen molar-refractivity contribution in [3.63, 3.8) is 0 Å². The van der Waals surface area contributed by atoms with Crippen molar-refractivity contribution in [2.75, 3.05) is 39.6 Å².